The summed E-state index contributed by atoms with van der Waals surface area (Å²) in [5.74, 6) is 0.821. The Balaban J connectivity index is 1.32. The zero-order chi connectivity index (χ0) is 24.8. The summed E-state index contributed by atoms with van der Waals surface area (Å²) < 4.78 is 5.19. The lowest BCUT2D eigenvalue weighted by molar-refractivity contribution is -0.130. The van der Waals surface area contributed by atoms with Gasteiger partial charge in [0.05, 0.1) is 24.9 Å². The molecule has 5 N–H and O–H groups in total. The van der Waals surface area contributed by atoms with Gasteiger partial charge in [-0.25, -0.2) is 0 Å². The van der Waals surface area contributed by atoms with E-state index in [4.69, 9.17) is 16.2 Å². The van der Waals surface area contributed by atoms with Gasteiger partial charge in [-0.2, -0.15) is 0 Å². The first kappa shape index (κ1) is 24.9. The van der Waals surface area contributed by atoms with E-state index in [2.05, 4.69) is 10.2 Å². The van der Waals surface area contributed by atoms with E-state index in [9.17, 15) is 9.59 Å². The Labute approximate surface area is 207 Å². The number of carbonyl (C=O) groups is 2. The summed E-state index contributed by atoms with van der Waals surface area (Å²) in [6.45, 7) is 2.87. The van der Waals surface area contributed by atoms with E-state index in [0.717, 1.165) is 62.2 Å². The third-order valence-corrected chi connectivity index (χ3v) is 7.10. The lowest BCUT2D eigenvalue weighted by Gasteiger charge is -2.27. The Bertz CT molecular complexity index is 1020. The van der Waals surface area contributed by atoms with Gasteiger partial charge in [-0.1, -0.05) is 12.1 Å². The number of hydrogen-bond donors (Lipinski definition) is 3. The highest BCUT2D eigenvalue weighted by atomic mass is 16.5. The van der Waals surface area contributed by atoms with Crippen LogP contribution in [-0.2, 0) is 11.2 Å². The minimum Gasteiger partial charge on any atom is -0.497 e. The van der Waals surface area contributed by atoms with Crippen LogP contribution in [0.3, 0.4) is 0 Å². The predicted octanol–water partition coefficient (Wildman–Crippen LogP) is 2.56. The molecule has 1 saturated heterocycles. The van der Waals surface area contributed by atoms with Crippen LogP contribution in [0.25, 0.3) is 0 Å². The maximum absolute atomic E-state index is 12.9. The number of nitrogen functional groups attached to an aromatic ring is 1. The molecule has 1 saturated carbocycles. The predicted molar refractivity (Wildman–Crippen MR) is 139 cm³/mol. The number of hydrogen-bond acceptors (Lipinski definition) is 6. The smallest absolute Gasteiger partial charge is 0.251 e. The molecule has 8 heteroatoms. The third kappa shape index (κ3) is 6.45. The van der Waals surface area contributed by atoms with Crippen LogP contribution < -0.4 is 26.4 Å². The number of amides is 2. The lowest BCUT2D eigenvalue weighted by atomic mass is 9.91. The zero-order valence-electron chi connectivity index (χ0n) is 20.5. The van der Waals surface area contributed by atoms with Gasteiger partial charge in [0.15, 0.2) is 0 Å². The van der Waals surface area contributed by atoms with Crippen LogP contribution in [0.15, 0.2) is 42.5 Å². The van der Waals surface area contributed by atoms with Crippen molar-refractivity contribution in [3.8, 4) is 5.75 Å². The van der Waals surface area contributed by atoms with Crippen molar-refractivity contribution in [3.05, 3.63) is 53.6 Å². The highest BCUT2D eigenvalue weighted by Crippen LogP contribution is 2.26. The number of rotatable bonds is 6. The van der Waals surface area contributed by atoms with Crippen LogP contribution in [0.4, 0.5) is 11.4 Å². The zero-order valence-corrected chi connectivity index (χ0v) is 20.5. The molecule has 1 heterocycles. The maximum atomic E-state index is 12.9. The molecule has 8 nitrogen and oxygen atoms in total. The van der Waals surface area contributed by atoms with E-state index in [1.54, 1.807) is 13.2 Å². The standard InChI is InChI=1S/C27H37N5O3/c1-35-23-10-3-19(4-11-23)17-26(33)32-14-2-13-31(15-16-32)25-12-5-20(18-24(25)29)27(34)30-22-8-6-21(28)7-9-22/h3-5,10-12,18,21-22H,2,6-9,13-17,28-29H2,1H3,(H,30,34). The summed E-state index contributed by atoms with van der Waals surface area (Å²) in [5.41, 5.74) is 15.4. The van der Waals surface area contributed by atoms with Gasteiger partial charge < -0.3 is 31.3 Å². The first-order valence-electron chi connectivity index (χ1n) is 12.5. The fraction of sp³-hybridized carbons (Fsp3) is 0.481. The summed E-state index contributed by atoms with van der Waals surface area (Å²) in [6.07, 6.45) is 4.97. The molecule has 0 radical (unpaired) electrons. The Hall–Kier alpha value is -3.26. The largest absolute Gasteiger partial charge is 0.497 e. The molecule has 2 aromatic carbocycles. The minimum absolute atomic E-state index is 0.0881. The molecule has 4 rings (SSSR count). The molecule has 0 aromatic heterocycles. The highest BCUT2D eigenvalue weighted by molar-refractivity contribution is 5.96. The number of nitrogens with zero attached hydrogens (tertiary/aromatic N) is 2. The van der Waals surface area contributed by atoms with Crippen molar-refractivity contribution in [1.29, 1.82) is 0 Å². The molecular weight excluding hydrogens is 442 g/mol. The molecule has 35 heavy (non-hydrogen) atoms. The topological polar surface area (TPSA) is 114 Å². The number of benzene rings is 2. The Morgan fingerprint density at radius 1 is 1.00 bits per heavy atom. The molecule has 2 aromatic rings. The number of nitrogens with two attached hydrogens (primary N) is 2. The Morgan fingerprint density at radius 2 is 1.74 bits per heavy atom. The summed E-state index contributed by atoms with van der Waals surface area (Å²) in [7, 11) is 1.63. The van der Waals surface area contributed by atoms with E-state index < -0.39 is 0 Å². The molecule has 0 unspecified atom stereocenters. The van der Waals surface area contributed by atoms with E-state index in [0.29, 0.717) is 30.8 Å². The summed E-state index contributed by atoms with van der Waals surface area (Å²) in [5, 5.41) is 3.12. The van der Waals surface area contributed by atoms with Crippen LogP contribution in [0.2, 0.25) is 0 Å². The molecular formula is C27H37N5O3. The van der Waals surface area contributed by atoms with E-state index in [1.165, 1.54) is 0 Å². The average Bonchev–Trinajstić information content (AvgIpc) is 3.12. The summed E-state index contributed by atoms with van der Waals surface area (Å²) >= 11 is 0. The number of carbonyl (C=O) groups excluding carboxylic acids is 2. The SMILES string of the molecule is COc1ccc(CC(=O)N2CCCN(c3ccc(C(=O)NC4CCC(N)CC4)cc3N)CC2)cc1. The van der Waals surface area contributed by atoms with Crippen molar-refractivity contribution in [3.63, 3.8) is 0 Å². The van der Waals surface area contributed by atoms with Crippen LogP contribution >= 0.6 is 0 Å². The number of methoxy groups -OCH3 is 1. The fourth-order valence-corrected chi connectivity index (χ4v) is 4.95. The third-order valence-electron chi connectivity index (χ3n) is 7.10. The van der Waals surface area contributed by atoms with E-state index in [1.807, 2.05) is 41.3 Å². The molecule has 2 amide bonds. The van der Waals surface area contributed by atoms with Crippen molar-refractivity contribution in [2.45, 2.75) is 50.6 Å². The first-order chi connectivity index (χ1) is 16.9. The molecule has 0 bridgehead atoms. The fourth-order valence-electron chi connectivity index (χ4n) is 4.95. The van der Waals surface area contributed by atoms with Gasteiger partial charge in [-0.15, -0.1) is 0 Å². The molecule has 188 valence electrons. The molecule has 0 spiro atoms. The van der Waals surface area contributed by atoms with Gasteiger partial charge in [0, 0.05) is 43.8 Å². The van der Waals surface area contributed by atoms with Crippen LogP contribution in [-0.4, -0.2) is 62.1 Å². The Morgan fingerprint density at radius 3 is 2.43 bits per heavy atom. The number of ether oxygens (including phenoxy) is 1. The maximum Gasteiger partial charge on any atom is 0.251 e. The second-order valence-corrected chi connectivity index (χ2v) is 9.60. The molecule has 1 aliphatic carbocycles. The van der Waals surface area contributed by atoms with Gasteiger partial charge in [0.1, 0.15) is 5.75 Å². The van der Waals surface area contributed by atoms with Crippen molar-refractivity contribution in [2.75, 3.05) is 43.9 Å². The molecule has 2 fully saturated rings. The van der Waals surface area contributed by atoms with Crippen molar-refractivity contribution in [1.82, 2.24) is 10.2 Å². The van der Waals surface area contributed by atoms with Crippen LogP contribution in [0.1, 0.15) is 48.0 Å². The van der Waals surface area contributed by atoms with Gasteiger partial charge >= 0.3 is 0 Å². The van der Waals surface area contributed by atoms with Gasteiger partial charge in [0.25, 0.3) is 5.91 Å². The Kier molecular flexibility index (Phi) is 8.13. The van der Waals surface area contributed by atoms with Crippen LogP contribution in [0.5, 0.6) is 5.75 Å². The summed E-state index contributed by atoms with van der Waals surface area (Å²) in [6, 6.07) is 13.6. The van der Waals surface area contributed by atoms with Crippen LogP contribution in [0, 0.1) is 0 Å². The average molecular weight is 480 g/mol. The first-order valence-corrected chi connectivity index (χ1v) is 12.5. The van der Waals surface area contributed by atoms with Gasteiger partial charge in [-0.05, 0) is 68.0 Å². The van der Waals surface area contributed by atoms with E-state index >= 15 is 0 Å². The minimum atomic E-state index is -0.0881. The second kappa shape index (κ2) is 11.4. The van der Waals surface area contributed by atoms with Crippen molar-refractivity contribution < 1.29 is 14.3 Å². The van der Waals surface area contributed by atoms with Crippen molar-refractivity contribution >= 4 is 23.2 Å². The molecule has 0 atom stereocenters. The second-order valence-electron chi connectivity index (χ2n) is 9.60. The molecule has 1 aliphatic heterocycles. The normalized spacial score (nSPS) is 20.7. The highest BCUT2D eigenvalue weighted by Gasteiger charge is 2.23. The van der Waals surface area contributed by atoms with Gasteiger partial charge in [-0.3, -0.25) is 9.59 Å². The van der Waals surface area contributed by atoms with E-state index in [-0.39, 0.29) is 23.9 Å². The quantitative estimate of drug-likeness (QED) is 0.549. The number of nitrogens with one attached hydrogen (secondary N) is 1. The van der Waals surface area contributed by atoms with Gasteiger partial charge in [0.2, 0.25) is 5.91 Å². The monoisotopic (exact) mass is 479 g/mol. The summed E-state index contributed by atoms with van der Waals surface area (Å²) in [4.78, 5) is 29.8. The lowest BCUT2D eigenvalue weighted by Crippen LogP contribution is -2.40. The number of anilines is 2. The molecule has 2 aliphatic rings. The van der Waals surface area contributed by atoms with Crippen molar-refractivity contribution in [2.24, 2.45) is 5.73 Å².